The number of aryl methyl sites for hydroxylation is 1. The van der Waals surface area contributed by atoms with Gasteiger partial charge in [0.25, 0.3) is 0 Å². The van der Waals surface area contributed by atoms with E-state index >= 15 is 0 Å². The van der Waals surface area contributed by atoms with Gasteiger partial charge in [0.2, 0.25) is 0 Å². The van der Waals surface area contributed by atoms with E-state index in [-0.39, 0.29) is 29.3 Å². The van der Waals surface area contributed by atoms with Gasteiger partial charge in [-0.3, -0.25) is 9.78 Å². The fraction of sp³-hybridized carbons (Fsp3) is 0.409. The topological polar surface area (TPSA) is 65.2 Å². The Morgan fingerprint density at radius 3 is 2.70 bits per heavy atom. The molecule has 0 aliphatic rings. The van der Waals surface area contributed by atoms with Gasteiger partial charge in [0, 0.05) is 18.2 Å². The van der Waals surface area contributed by atoms with Crippen molar-refractivity contribution in [1.82, 2.24) is 10.1 Å². The molecule has 1 atom stereocenters. The number of hydrogen-bond acceptors (Lipinski definition) is 5. The molecule has 3 aromatic rings. The Labute approximate surface area is 172 Å². The molecule has 0 radical (unpaired) electrons. The highest BCUT2D eigenvalue weighted by molar-refractivity contribution is 5.85. The van der Waals surface area contributed by atoms with Crippen molar-refractivity contribution in [3.63, 3.8) is 0 Å². The Bertz CT molecular complexity index is 1000. The number of ketones is 1. The van der Waals surface area contributed by atoms with Gasteiger partial charge in [0.15, 0.2) is 11.3 Å². The molecule has 3 rings (SSSR count). The third kappa shape index (κ3) is 4.80. The average Bonchev–Trinajstić information content (AvgIpc) is 3.17. The van der Waals surface area contributed by atoms with E-state index in [0.717, 1.165) is 5.69 Å². The normalized spacial score (nSPS) is 12.8. The molecule has 0 aliphatic carbocycles. The maximum Gasteiger partial charge on any atom is 0.437 e. The molecule has 5 nitrogen and oxygen atoms in total. The van der Waals surface area contributed by atoms with E-state index in [1.165, 1.54) is 12.1 Å². The highest BCUT2D eigenvalue weighted by Gasteiger charge is 2.37. The first kappa shape index (κ1) is 21.8. The Morgan fingerprint density at radius 2 is 2.03 bits per heavy atom. The predicted octanol–water partition coefficient (Wildman–Crippen LogP) is 5.73. The van der Waals surface area contributed by atoms with Crippen molar-refractivity contribution in [2.24, 2.45) is 0 Å². The average molecular weight is 420 g/mol. The molecule has 0 saturated heterocycles. The van der Waals surface area contributed by atoms with Gasteiger partial charge in [0.1, 0.15) is 11.5 Å². The molecule has 1 unspecified atom stereocenters. The van der Waals surface area contributed by atoms with Crippen LogP contribution in [-0.4, -0.2) is 22.5 Å². The van der Waals surface area contributed by atoms with Crippen LogP contribution < -0.4 is 4.74 Å². The van der Waals surface area contributed by atoms with E-state index in [1.54, 1.807) is 12.3 Å². The van der Waals surface area contributed by atoms with Gasteiger partial charge in [0.05, 0.1) is 23.6 Å². The number of carbonyl (C=O) groups excluding carboxylic acids is 1. The van der Waals surface area contributed by atoms with E-state index in [1.807, 2.05) is 26.0 Å². The first-order valence-electron chi connectivity index (χ1n) is 9.87. The molecule has 30 heavy (non-hydrogen) atoms. The zero-order valence-corrected chi connectivity index (χ0v) is 16.8. The summed E-state index contributed by atoms with van der Waals surface area (Å²) >= 11 is 0. The Morgan fingerprint density at radius 1 is 1.23 bits per heavy atom. The molecular weight excluding hydrogens is 397 g/mol. The lowest BCUT2D eigenvalue weighted by atomic mass is 9.98. The number of ether oxygens (including phenoxy) is 1. The van der Waals surface area contributed by atoms with Crippen LogP contribution in [0.1, 0.15) is 56.0 Å². The van der Waals surface area contributed by atoms with Crippen molar-refractivity contribution in [2.75, 3.05) is 6.61 Å². The molecular formula is C22H23F3N2O3. The van der Waals surface area contributed by atoms with Crippen LogP contribution in [0.5, 0.6) is 5.75 Å². The van der Waals surface area contributed by atoms with Crippen LogP contribution in [-0.2, 0) is 17.4 Å². The fourth-order valence-electron chi connectivity index (χ4n) is 3.31. The van der Waals surface area contributed by atoms with Crippen molar-refractivity contribution < 1.29 is 27.2 Å². The first-order valence-corrected chi connectivity index (χ1v) is 9.87. The van der Waals surface area contributed by atoms with Gasteiger partial charge in [-0.15, -0.1) is 0 Å². The molecule has 0 amide bonds. The molecule has 160 valence electrons. The molecule has 0 spiro atoms. The number of carbonyl (C=O) groups is 1. The zero-order chi connectivity index (χ0) is 21.7. The number of aromatic nitrogens is 2. The van der Waals surface area contributed by atoms with Crippen molar-refractivity contribution in [1.29, 1.82) is 0 Å². The lowest BCUT2D eigenvalue weighted by Gasteiger charge is -2.13. The molecule has 1 aromatic carbocycles. The summed E-state index contributed by atoms with van der Waals surface area (Å²) in [5, 5.41) is 3.14. The SMILES string of the molecule is CCCc1c(OCCCC(=O)C(C)c2ccccn2)ccc2c(C(F)(F)F)noc12. The lowest BCUT2D eigenvalue weighted by Crippen LogP contribution is -2.12. The zero-order valence-electron chi connectivity index (χ0n) is 16.8. The third-order valence-corrected chi connectivity index (χ3v) is 4.91. The van der Waals surface area contributed by atoms with Crippen LogP contribution in [0.25, 0.3) is 11.0 Å². The van der Waals surface area contributed by atoms with Crippen LogP contribution in [0.15, 0.2) is 41.1 Å². The van der Waals surface area contributed by atoms with E-state index in [9.17, 15) is 18.0 Å². The van der Waals surface area contributed by atoms with Gasteiger partial charge in [-0.2, -0.15) is 13.2 Å². The molecule has 0 N–H and O–H groups in total. The minimum atomic E-state index is -4.58. The van der Waals surface area contributed by atoms with Crippen LogP contribution >= 0.6 is 0 Å². The van der Waals surface area contributed by atoms with Crippen LogP contribution in [0.4, 0.5) is 13.2 Å². The largest absolute Gasteiger partial charge is 0.493 e. The summed E-state index contributed by atoms with van der Waals surface area (Å²) in [6, 6.07) is 8.28. The summed E-state index contributed by atoms with van der Waals surface area (Å²) in [5.74, 6) is 0.222. The maximum atomic E-state index is 13.1. The van der Waals surface area contributed by atoms with Crippen molar-refractivity contribution in [3.8, 4) is 5.75 Å². The number of alkyl halides is 3. The second-order valence-corrected chi connectivity index (χ2v) is 7.09. The summed E-state index contributed by atoms with van der Waals surface area (Å²) in [6.45, 7) is 4.01. The number of fused-ring (bicyclic) bond motifs is 1. The lowest BCUT2D eigenvalue weighted by molar-refractivity contribution is -0.141. The standard InChI is InChI=1S/C22H23F3N2O3/c1-3-7-15-19(11-10-16-20(15)30-27-21(16)22(23,24)25)29-13-6-9-18(28)14(2)17-8-4-5-12-26-17/h4-5,8,10-12,14H,3,6-7,9,13H2,1-2H3. The maximum absolute atomic E-state index is 13.1. The number of hydrogen-bond donors (Lipinski definition) is 0. The van der Waals surface area contributed by atoms with E-state index in [2.05, 4.69) is 10.1 Å². The van der Waals surface area contributed by atoms with Gasteiger partial charge in [-0.25, -0.2) is 0 Å². The summed E-state index contributed by atoms with van der Waals surface area (Å²) in [4.78, 5) is 16.6. The van der Waals surface area contributed by atoms with Crippen molar-refractivity contribution in [3.05, 3.63) is 53.5 Å². The van der Waals surface area contributed by atoms with E-state index in [0.29, 0.717) is 37.0 Å². The summed E-state index contributed by atoms with van der Waals surface area (Å²) in [7, 11) is 0. The minimum Gasteiger partial charge on any atom is -0.493 e. The van der Waals surface area contributed by atoms with Crippen LogP contribution in [0, 0.1) is 0 Å². The number of halogens is 3. The predicted molar refractivity (Wildman–Crippen MR) is 105 cm³/mol. The number of Topliss-reactive ketones (excluding diaryl/α,β-unsaturated/α-hetero) is 1. The van der Waals surface area contributed by atoms with E-state index in [4.69, 9.17) is 9.26 Å². The number of rotatable bonds is 9. The van der Waals surface area contributed by atoms with Crippen LogP contribution in [0.2, 0.25) is 0 Å². The van der Waals surface area contributed by atoms with Crippen molar-refractivity contribution >= 4 is 16.8 Å². The molecule has 2 heterocycles. The molecule has 2 aromatic heterocycles. The smallest absolute Gasteiger partial charge is 0.437 e. The molecule has 0 bridgehead atoms. The second-order valence-electron chi connectivity index (χ2n) is 7.09. The monoisotopic (exact) mass is 420 g/mol. The number of pyridine rings is 1. The van der Waals surface area contributed by atoms with Crippen molar-refractivity contribution in [2.45, 2.75) is 51.6 Å². The van der Waals surface area contributed by atoms with Gasteiger partial charge in [-0.1, -0.05) is 24.6 Å². The minimum absolute atomic E-state index is 0.0617. The first-order chi connectivity index (χ1) is 14.3. The fourth-order valence-corrected chi connectivity index (χ4v) is 3.31. The number of nitrogens with zero attached hydrogens (tertiary/aromatic N) is 2. The molecule has 8 heteroatoms. The van der Waals surface area contributed by atoms with E-state index < -0.39 is 11.9 Å². The number of benzene rings is 1. The molecule has 0 aliphatic heterocycles. The highest BCUT2D eigenvalue weighted by Crippen LogP contribution is 2.38. The van der Waals surface area contributed by atoms with Gasteiger partial charge < -0.3 is 9.26 Å². The van der Waals surface area contributed by atoms with Gasteiger partial charge in [-0.05, 0) is 44.0 Å². The van der Waals surface area contributed by atoms with Crippen LogP contribution in [0.3, 0.4) is 0 Å². The third-order valence-electron chi connectivity index (χ3n) is 4.91. The second kappa shape index (κ2) is 9.28. The van der Waals surface area contributed by atoms with Gasteiger partial charge >= 0.3 is 6.18 Å². The quantitative estimate of drug-likeness (QED) is 0.414. The Kier molecular flexibility index (Phi) is 6.74. The highest BCUT2D eigenvalue weighted by atomic mass is 19.4. The summed E-state index contributed by atoms with van der Waals surface area (Å²) < 4.78 is 50.1. The summed E-state index contributed by atoms with van der Waals surface area (Å²) in [5.41, 5.74) is 0.355. The molecule has 0 fully saturated rings. The molecule has 0 saturated carbocycles. The summed E-state index contributed by atoms with van der Waals surface area (Å²) in [6.07, 6.45) is -0.914. The Balaban J connectivity index is 1.66. The Hall–Kier alpha value is -2.90.